The summed E-state index contributed by atoms with van der Waals surface area (Å²) < 4.78 is 7.39. The number of amides is 2. The van der Waals surface area contributed by atoms with Gasteiger partial charge in [-0.05, 0) is 44.5 Å². The summed E-state index contributed by atoms with van der Waals surface area (Å²) in [5.74, 6) is 0.460. The van der Waals surface area contributed by atoms with Gasteiger partial charge in [-0.3, -0.25) is 9.59 Å². The molecule has 2 amide bonds. The van der Waals surface area contributed by atoms with Crippen LogP contribution in [0.25, 0.3) is 16.7 Å². The predicted molar refractivity (Wildman–Crippen MR) is 123 cm³/mol. The molecule has 0 saturated carbocycles. The van der Waals surface area contributed by atoms with Crippen LogP contribution in [0.15, 0.2) is 59.3 Å². The van der Waals surface area contributed by atoms with Crippen LogP contribution in [0.2, 0.25) is 0 Å². The average Bonchev–Trinajstić information content (AvgIpc) is 3.42. The molecule has 1 aliphatic heterocycles. The summed E-state index contributed by atoms with van der Waals surface area (Å²) in [6.45, 7) is 7.04. The number of aryl methyl sites for hydroxylation is 2. The van der Waals surface area contributed by atoms with Crippen molar-refractivity contribution in [1.82, 2.24) is 24.6 Å². The average molecular weight is 444 g/mol. The van der Waals surface area contributed by atoms with Crippen molar-refractivity contribution in [3.05, 3.63) is 77.6 Å². The summed E-state index contributed by atoms with van der Waals surface area (Å²) in [4.78, 5) is 34.2. The molecule has 0 N–H and O–H groups in total. The highest BCUT2D eigenvalue weighted by molar-refractivity contribution is 6.07. The van der Waals surface area contributed by atoms with Crippen molar-refractivity contribution < 1.29 is 14.0 Å². The van der Waals surface area contributed by atoms with Gasteiger partial charge in [-0.25, -0.2) is 9.67 Å². The molecule has 0 aliphatic carbocycles. The number of carbonyl (C=O) groups is 2. The maximum Gasteiger partial charge on any atom is 0.293 e. The first-order valence-electron chi connectivity index (χ1n) is 11.0. The summed E-state index contributed by atoms with van der Waals surface area (Å²) in [5, 5.41) is 5.20. The highest BCUT2D eigenvalue weighted by Gasteiger charge is 2.33. The zero-order valence-corrected chi connectivity index (χ0v) is 18.9. The van der Waals surface area contributed by atoms with Gasteiger partial charge in [-0.15, -0.1) is 5.10 Å². The van der Waals surface area contributed by atoms with Gasteiger partial charge >= 0.3 is 0 Å². The number of piperazine rings is 1. The molecule has 3 heterocycles. The summed E-state index contributed by atoms with van der Waals surface area (Å²) in [7, 11) is 0. The van der Waals surface area contributed by atoms with Gasteiger partial charge in [0.25, 0.3) is 11.8 Å². The third kappa shape index (κ3) is 3.77. The molecule has 4 aromatic rings. The number of para-hydroxylation sites is 1. The lowest BCUT2D eigenvalue weighted by Crippen LogP contribution is -2.55. The fourth-order valence-electron chi connectivity index (χ4n) is 4.42. The maximum absolute atomic E-state index is 13.4. The van der Waals surface area contributed by atoms with Crippen LogP contribution in [0, 0.1) is 13.8 Å². The Bertz CT molecular complexity index is 1360. The summed E-state index contributed by atoms with van der Waals surface area (Å²) in [5.41, 5.74) is 3.25. The van der Waals surface area contributed by atoms with Crippen LogP contribution in [0.5, 0.6) is 0 Å². The van der Waals surface area contributed by atoms with Gasteiger partial charge in [0.1, 0.15) is 17.7 Å². The predicted octanol–water partition coefficient (Wildman–Crippen LogP) is 3.62. The SMILES string of the molecule is Cc1cccc(-n2cnc(C(=O)N3CCN(C(=O)c4c(C)oc5ccccc45)C(C)C3)n2)c1. The number of rotatable bonds is 3. The molecule has 1 fully saturated rings. The third-order valence-electron chi connectivity index (χ3n) is 6.11. The van der Waals surface area contributed by atoms with Crippen molar-refractivity contribution in [2.45, 2.75) is 26.8 Å². The molecule has 1 unspecified atom stereocenters. The summed E-state index contributed by atoms with van der Waals surface area (Å²) in [6, 6.07) is 15.3. The highest BCUT2D eigenvalue weighted by Crippen LogP contribution is 2.28. The third-order valence-corrected chi connectivity index (χ3v) is 6.11. The van der Waals surface area contributed by atoms with E-state index in [4.69, 9.17) is 4.42 Å². The van der Waals surface area contributed by atoms with Crippen LogP contribution < -0.4 is 0 Å². The fourth-order valence-corrected chi connectivity index (χ4v) is 4.42. The van der Waals surface area contributed by atoms with Gasteiger partial charge in [-0.2, -0.15) is 0 Å². The van der Waals surface area contributed by atoms with Gasteiger partial charge in [0.05, 0.1) is 11.3 Å². The smallest absolute Gasteiger partial charge is 0.293 e. The van der Waals surface area contributed by atoms with Gasteiger partial charge in [0, 0.05) is 31.1 Å². The van der Waals surface area contributed by atoms with Gasteiger partial charge < -0.3 is 14.2 Å². The van der Waals surface area contributed by atoms with E-state index in [1.807, 2.05) is 74.2 Å². The Morgan fingerprint density at radius 3 is 2.64 bits per heavy atom. The van der Waals surface area contributed by atoms with Gasteiger partial charge in [0.15, 0.2) is 0 Å². The number of furan rings is 1. The molecule has 1 aliphatic rings. The molecule has 168 valence electrons. The molecule has 33 heavy (non-hydrogen) atoms. The molecule has 2 aromatic carbocycles. The Morgan fingerprint density at radius 2 is 1.85 bits per heavy atom. The first kappa shape index (κ1) is 20.9. The van der Waals surface area contributed by atoms with Crippen molar-refractivity contribution in [1.29, 1.82) is 0 Å². The minimum Gasteiger partial charge on any atom is -0.461 e. The minimum absolute atomic E-state index is 0.0705. The lowest BCUT2D eigenvalue weighted by Gasteiger charge is -2.39. The number of hydrogen-bond acceptors (Lipinski definition) is 5. The fraction of sp³-hybridized carbons (Fsp3) is 0.280. The molecule has 8 nitrogen and oxygen atoms in total. The number of nitrogens with zero attached hydrogens (tertiary/aromatic N) is 5. The topological polar surface area (TPSA) is 84.5 Å². The molecule has 5 rings (SSSR count). The van der Waals surface area contributed by atoms with Gasteiger partial charge in [0.2, 0.25) is 5.82 Å². The van der Waals surface area contributed by atoms with Crippen molar-refractivity contribution in [3.63, 3.8) is 0 Å². The highest BCUT2D eigenvalue weighted by atomic mass is 16.3. The van der Waals surface area contributed by atoms with Crippen LogP contribution >= 0.6 is 0 Å². The molecule has 1 atom stereocenters. The normalized spacial score (nSPS) is 16.4. The van der Waals surface area contributed by atoms with Crippen LogP contribution in [-0.4, -0.2) is 62.1 Å². The van der Waals surface area contributed by atoms with E-state index >= 15 is 0 Å². The Hall–Kier alpha value is -3.94. The minimum atomic E-state index is -0.231. The molecule has 0 bridgehead atoms. The van der Waals surface area contributed by atoms with E-state index in [0.29, 0.717) is 36.5 Å². The van der Waals surface area contributed by atoms with Crippen LogP contribution in [0.4, 0.5) is 0 Å². The van der Waals surface area contributed by atoms with Crippen LogP contribution in [-0.2, 0) is 0 Å². The van der Waals surface area contributed by atoms with Crippen molar-refractivity contribution in [2.75, 3.05) is 19.6 Å². The maximum atomic E-state index is 13.4. The molecule has 1 saturated heterocycles. The van der Waals surface area contributed by atoms with Crippen molar-refractivity contribution >= 4 is 22.8 Å². The number of aromatic nitrogens is 3. The molecular formula is C25H25N5O3. The van der Waals surface area contributed by atoms with E-state index in [1.54, 1.807) is 15.9 Å². The monoisotopic (exact) mass is 443 g/mol. The quantitative estimate of drug-likeness (QED) is 0.483. The lowest BCUT2D eigenvalue weighted by molar-refractivity contribution is 0.0408. The van der Waals surface area contributed by atoms with E-state index < -0.39 is 0 Å². The second-order valence-electron chi connectivity index (χ2n) is 8.48. The Labute approximate surface area is 191 Å². The summed E-state index contributed by atoms with van der Waals surface area (Å²) >= 11 is 0. The zero-order valence-electron chi connectivity index (χ0n) is 18.9. The van der Waals surface area contributed by atoms with E-state index in [-0.39, 0.29) is 23.7 Å². The largest absolute Gasteiger partial charge is 0.461 e. The first-order valence-corrected chi connectivity index (χ1v) is 11.0. The molecule has 0 radical (unpaired) electrons. The second kappa shape index (κ2) is 8.20. The lowest BCUT2D eigenvalue weighted by atomic mass is 10.1. The Morgan fingerprint density at radius 1 is 1.03 bits per heavy atom. The number of hydrogen-bond donors (Lipinski definition) is 0. The van der Waals surface area contributed by atoms with Crippen LogP contribution in [0.3, 0.4) is 0 Å². The molecule has 0 spiro atoms. The van der Waals surface area contributed by atoms with Crippen molar-refractivity contribution in [3.8, 4) is 5.69 Å². The van der Waals surface area contributed by atoms with Crippen LogP contribution in [0.1, 0.15) is 39.2 Å². The molecular weight excluding hydrogens is 418 g/mol. The molecule has 2 aromatic heterocycles. The number of benzene rings is 2. The summed E-state index contributed by atoms with van der Waals surface area (Å²) in [6.07, 6.45) is 1.55. The number of fused-ring (bicyclic) bond motifs is 1. The Balaban J connectivity index is 1.31. The van der Waals surface area contributed by atoms with E-state index in [9.17, 15) is 9.59 Å². The van der Waals surface area contributed by atoms with E-state index in [0.717, 1.165) is 16.6 Å². The molecule has 8 heteroatoms. The Kier molecular flexibility index (Phi) is 5.20. The second-order valence-corrected chi connectivity index (χ2v) is 8.48. The first-order chi connectivity index (χ1) is 15.9. The van der Waals surface area contributed by atoms with Gasteiger partial charge in [-0.1, -0.05) is 30.3 Å². The van der Waals surface area contributed by atoms with E-state index in [2.05, 4.69) is 10.1 Å². The van der Waals surface area contributed by atoms with Crippen molar-refractivity contribution in [2.24, 2.45) is 0 Å². The van der Waals surface area contributed by atoms with E-state index in [1.165, 1.54) is 0 Å². The standard InChI is InChI=1S/C25H25N5O3/c1-16-7-6-8-19(13-16)30-15-26-23(27-30)25(32)28-11-12-29(17(2)14-28)24(31)22-18(3)33-21-10-5-4-9-20(21)22/h4-10,13,15,17H,11-12,14H2,1-3H3. The zero-order chi connectivity index (χ0) is 23.1. The number of carbonyl (C=O) groups excluding carboxylic acids is 2.